The Morgan fingerprint density at radius 3 is 2.48 bits per heavy atom. The molecule has 0 atom stereocenters. The van der Waals surface area contributed by atoms with Crippen LogP contribution in [0.5, 0.6) is 5.75 Å². The largest absolute Gasteiger partial charge is 0.508 e. The third kappa shape index (κ3) is 3.41. The number of hydrogen-bond donors (Lipinski definition) is 2. The SMILES string of the molecule is CC(C)CCc1nc(N)c(C#N)c(-c2cccc(O)c2)c1C#N. The molecule has 5 heteroatoms. The van der Waals surface area contributed by atoms with Gasteiger partial charge in [-0.25, -0.2) is 4.98 Å². The predicted octanol–water partition coefficient (Wildman–Crippen LogP) is 3.37. The van der Waals surface area contributed by atoms with E-state index in [9.17, 15) is 15.6 Å². The molecule has 116 valence electrons. The first-order valence-corrected chi connectivity index (χ1v) is 7.39. The molecule has 5 nitrogen and oxygen atoms in total. The number of nitrogen functional groups attached to an aromatic ring is 1. The summed E-state index contributed by atoms with van der Waals surface area (Å²) in [6.45, 7) is 4.18. The van der Waals surface area contributed by atoms with Gasteiger partial charge in [-0.1, -0.05) is 26.0 Å². The van der Waals surface area contributed by atoms with E-state index in [2.05, 4.69) is 24.9 Å². The van der Waals surface area contributed by atoms with Gasteiger partial charge in [0.25, 0.3) is 0 Å². The zero-order valence-corrected chi connectivity index (χ0v) is 13.2. The van der Waals surface area contributed by atoms with Gasteiger partial charge in [-0.2, -0.15) is 10.5 Å². The summed E-state index contributed by atoms with van der Waals surface area (Å²) in [5, 5.41) is 28.7. The van der Waals surface area contributed by atoms with Crippen molar-refractivity contribution in [1.82, 2.24) is 4.98 Å². The van der Waals surface area contributed by atoms with Gasteiger partial charge < -0.3 is 10.8 Å². The molecule has 0 saturated heterocycles. The molecule has 0 amide bonds. The van der Waals surface area contributed by atoms with Crippen LogP contribution in [-0.4, -0.2) is 10.1 Å². The van der Waals surface area contributed by atoms with Gasteiger partial charge in [0.2, 0.25) is 0 Å². The van der Waals surface area contributed by atoms with Crippen LogP contribution in [0.15, 0.2) is 24.3 Å². The first-order valence-electron chi connectivity index (χ1n) is 7.39. The van der Waals surface area contributed by atoms with Gasteiger partial charge in [-0.05, 0) is 36.5 Å². The number of aromatic nitrogens is 1. The molecule has 0 unspecified atom stereocenters. The normalized spacial score (nSPS) is 10.3. The summed E-state index contributed by atoms with van der Waals surface area (Å²) in [4.78, 5) is 4.27. The van der Waals surface area contributed by atoms with E-state index in [-0.39, 0.29) is 17.1 Å². The number of hydrogen-bond acceptors (Lipinski definition) is 5. The molecule has 0 aliphatic rings. The van der Waals surface area contributed by atoms with Crippen LogP contribution >= 0.6 is 0 Å². The fraction of sp³-hybridized carbons (Fsp3) is 0.278. The van der Waals surface area contributed by atoms with Gasteiger partial charge in [0, 0.05) is 5.56 Å². The number of rotatable bonds is 4. The summed E-state index contributed by atoms with van der Waals surface area (Å²) >= 11 is 0. The van der Waals surface area contributed by atoms with Crippen LogP contribution in [0, 0.1) is 28.6 Å². The average molecular weight is 306 g/mol. The maximum atomic E-state index is 9.70. The van der Waals surface area contributed by atoms with Gasteiger partial charge in [0.15, 0.2) is 0 Å². The number of aromatic hydroxyl groups is 1. The molecular weight excluding hydrogens is 288 g/mol. The van der Waals surface area contributed by atoms with Gasteiger partial charge >= 0.3 is 0 Å². The standard InChI is InChI=1S/C18H18N4O/c1-11(2)6-7-16-14(9-19)17(15(10-20)18(21)22-16)12-4-3-5-13(23)8-12/h3-5,8,11,23H,6-7H2,1-2H3,(H2,21,22). The van der Waals surface area contributed by atoms with E-state index in [1.54, 1.807) is 12.1 Å². The van der Waals surface area contributed by atoms with Crippen molar-refractivity contribution in [3.63, 3.8) is 0 Å². The lowest BCUT2D eigenvalue weighted by Gasteiger charge is -2.14. The Kier molecular flexibility index (Phi) is 4.83. The Morgan fingerprint density at radius 1 is 1.22 bits per heavy atom. The third-order valence-electron chi connectivity index (χ3n) is 3.62. The Morgan fingerprint density at radius 2 is 1.91 bits per heavy atom. The predicted molar refractivity (Wildman–Crippen MR) is 88.3 cm³/mol. The topological polar surface area (TPSA) is 107 Å². The lowest BCUT2D eigenvalue weighted by atomic mass is 9.92. The molecule has 0 spiro atoms. The minimum atomic E-state index is 0.0643. The molecule has 3 N–H and O–H groups in total. The zero-order chi connectivity index (χ0) is 17.0. The second-order valence-electron chi connectivity index (χ2n) is 5.78. The van der Waals surface area contributed by atoms with Gasteiger partial charge in [0.05, 0.1) is 11.3 Å². The fourth-order valence-electron chi connectivity index (χ4n) is 2.44. The first kappa shape index (κ1) is 16.3. The van der Waals surface area contributed by atoms with E-state index in [4.69, 9.17) is 5.73 Å². The Bertz CT molecular complexity index is 813. The first-order chi connectivity index (χ1) is 11.0. The second-order valence-corrected chi connectivity index (χ2v) is 5.78. The number of aryl methyl sites for hydroxylation is 1. The molecule has 0 saturated carbocycles. The molecule has 0 aliphatic heterocycles. The number of pyridine rings is 1. The van der Waals surface area contributed by atoms with Gasteiger partial charge in [-0.15, -0.1) is 0 Å². The van der Waals surface area contributed by atoms with Crippen molar-refractivity contribution in [3.05, 3.63) is 41.1 Å². The molecule has 23 heavy (non-hydrogen) atoms. The second kappa shape index (κ2) is 6.81. The fourth-order valence-corrected chi connectivity index (χ4v) is 2.44. The zero-order valence-electron chi connectivity index (χ0n) is 13.2. The molecule has 0 aliphatic carbocycles. The van der Waals surface area contributed by atoms with E-state index in [1.165, 1.54) is 12.1 Å². The van der Waals surface area contributed by atoms with Crippen molar-refractivity contribution in [2.75, 3.05) is 5.73 Å². The molecule has 1 aromatic carbocycles. The van der Waals surface area contributed by atoms with E-state index >= 15 is 0 Å². The molecular formula is C18H18N4O. The molecule has 2 rings (SSSR count). The van der Waals surface area contributed by atoms with Gasteiger partial charge in [-0.3, -0.25) is 0 Å². The third-order valence-corrected chi connectivity index (χ3v) is 3.62. The van der Waals surface area contributed by atoms with Crippen molar-refractivity contribution in [2.24, 2.45) is 5.92 Å². The van der Waals surface area contributed by atoms with E-state index in [0.717, 1.165) is 6.42 Å². The number of phenols is 1. The molecule has 0 radical (unpaired) electrons. The highest BCUT2D eigenvalue weighted by Crippen LogP contribution is 2.33. The molecule has 0 fully saturated rings. The molecule has 1 aromatic heterocycles. The van der Waals surface area contributed by atoms with Crippen LogP contribution in [0.1, 0.15) is 37.1 Å². The Labute approximate surface area is 135 Å². The van der Waals surface area contributed by atoms with E-state index < -0.39 is 0 Å². The molecule has 2 aromatic rings. The van der Waals surface area contributed by atoms with Crippen molar-refractivity contribution in [3.8, 4) is 29.0 Å². The number of anilines is 1. The minimum Gasteiger partial charge on any atom is -0.508 e. The number of nitriles is 2. The van der Waals surface area contributed by atoms with Gasteiger partial charge in [0.1, 0.15) is 29.3 Å². The van der Waals surface area contributed by atoms with Crippen LogP contribution in [0.3, 0.4) is 0 Å². The average Bonchev–Trinajstić information content (AvgIpc) is 2.52. The number of nitrogens with two attached hydrogens (primary N) is 1. The minimum absolute atomic E-state index is 0.0643. The number of nitrogens with zero attached hydrogens (tertiary/aromatic N) is 3. The quantitative estimate of drug-likeness (QED) is 0.900. The summed E-state index contributed by atoms with van der Waals surface area (Å²) < 4.78 is 0. The van der Waals surface area contributed by atoms with Crippen LogP contribution in [0.2, 0.25) is 0 Å². The Hall–Kier alpha value is -3.05. The van der Waals surface area contributed by atoms with Crippen molar-refractivity contribution in [2.45, 2.75) is 26.7 Å². The lowest BCUT2D eigenvalue weighted by molar-refractivity contribution is 0.475. The summed E-state index contributed by atoms with van der Waals surface area (Å²) in [6, 6.07) is 10.6. The monoisotopic (exact) mass is 306 g/mol. The highest BCUT2D eigenvalue weighted by molar-refractivity contribution is 5.81. The Balaban J connectivity index is 2.72. The highest BCUT2D eigenvalue weighted by atomic mass is 16.3. The molecule has 0 bridgehead atoms. The maximum Gasteiger partial charge on any atom is 0.142 e. The van der Waals surface area contributed by atoms with Crippen LogP contribution in [-0.2, 0) is 6.42 Å². The van der Waals surface area contributed by atoms with Crippen LogP contribution < -0.4 is 5.73 Å². The van der Waals surface area contributed by atoms with E-state index in [0.29, 0.717) is 34.7 Å². The summed E-state index contributed by atoms with van der Waals surface area (Å²) in [5.74, 6) is 0.641. The molecule has 1 heterocycles. The summed E-state index contributed by atoms with van der Waals surface area (Å²) in [6.07, 6.45) is 1.48. The number of benzene rings is 1. The van der Waals surface area contributed by atoms with Crippen molar-refractivity contribution < 1.29 is 5.11 Å². The van der Waals surface area contributed by atoms with Crippen molar-refractivity contribution in [1.29, 1.82) is 10.5 Å². The smallest absolute Gasteiger partial charge is 0.142 e. The van der Waals surface area contributed by atoms with Crippen molar-refractivity contribution >= 4 is 5.82 Å². The van der Waals surface area contributed by atoms with E-state index in [1.807, 2.05) is 6.07 Å². The number of phenolic OH excluding ortho intramolecular Hbond substituents is 1. The van der Waals surface area contributed by atoms with Crippen LogP contribution in [0.25, 0.3) is 11.1 Å². The lowest BCUT2D eigenvalue weighted by Crippen LogP contribution is -2.07. The summed E-state index contributed by atoms with van der Waals surface area (Å²) in [5.41, 5.74) is 8.07. The highest BCUT2D eigenvalue weighted by Gasteiger charge is 2.20. The summed E-state index contributed by atoms with van der Waals surface area (Å²) in [7, 11) is 0. The maximum absolute atomic E-state index is 9.70. The van der Waals surface area contributed by atoms with Crippen LogP contribution in [0.4, 0.5) is 5.82 Å².